The van der Waals surface area contributed by atoms with Crippen molar-refractivity contribution in [2.45, 2.75) is 90.4 Å². The Morgan fingerprint density at radius 1 is 0.900 bits per heavy atom. The Morgan fingerprint density at radius 2 is 1.45 bits per heavy atom. The summed E-state index contributed by atoms with van der Waals surface area (Å²) in [6.45, 7) is 11.4. The first-order valence-electron chi connectivity index (χ1n) is 8.13. The molecule has 1 aromatic heterocycles. The summed E-state index contributed by atoms with van der Waals surface area (Å²) in [6, 6.07) is 0. The molecule has 3 heteroatoms. The van der Waals surface area contributed by atoms with Gasteiger partial charge in [0, 0.05) is 10.8 Å². The van der Waals surface area contributed by atoms with Crippen LogP contribution in [0.5, 0.6) is 0 Å². The summed E-state index contributed by atoms with van der Waals surface area (Å²) in [5.41, 5.74) is 0.296. The molecule has 0 atom stereocenters. The summed E-state index contributed by atoms with van der Waals surface area (Å²) in [7, 11) is 0. The lowest BCUT2D eigenvalue weighted by Gasteiger charge is -2.27. The Labute approximate surface area is 128 Å². The molecule has 0 unspecified atom stereocenters. The van der Waals surface area contributed by atoms with Crippen molar-refractivity contribution in [3.8, 4) is 0 Å². The molecule has 0 aromatic carbocycles. The molecule has 1 heterocycles. The van der Waals surface area contributed by atoms with Crippen LogP contribution in [0.25, 0.3) is 0 Å². The van der Waals surface area contributed by atoms with Crippen LogP contribution in [-0.4, -0.2) is 10.2 Å². The maximum Gasteiger partial charge on any atom is 0.123 e. The molecule has 20 heavy (non-hydrogen) atoms. The van der Waals surface area contributed by atoms with Gasteiger partial charge in [-0.1, -0.05) is 73.1 Å². The maximum absolute atomic E-state index is 4.51. The van der Waals surface area contributed by atoms with Crippen LogP contribution in [0, 0.1) is 5.92 Å². The highest BCUT2D eigenvalue weighted by molar-refractivity contribution is 7.11. The summed E-state index contributed by atoms with van der Waals surface area (Å²) in [5, 5.41) is 11.3. The third-order valence-electron chi connectivity index (χ3n) is 4.42. The predicted molar refractivity (Wildman–Crippen MR) is 87.4 cm³/mol. The summed E-state index contributed by atoms with van der Waals surface area (Å²) in [5.74, 6) is 0.884. The van der Waals surface area contributed by atoms with Crippen molar-refractivity contribution < 1.29 is 0 Å². The topological polar surface area (TPSA) is 25.8 Å². The quantitative estimate of drug-likeness (QED) is 0.690. The second-order valence-corrected chi connectivity index (χ2v) is 9.09. The smallest absolute Gasteiger partial charge is 0.123 e. The molecule has 1 aromatic rings. The van der Waals surface area contributed by atoms with Crippen LogP contribution in [0.3, 0.4) is 0 Å². The van der Waals surface area contributed by atoms with Gasteiger partial charge in [-0.05, 0) is 12.3 Å². The van der Waals surface area contributed by atoms with Gasteiger partial charge in [0.25, 0.3) is 0 Å². The highest BCUT2D eigenvalue weighted by Gasteiger charge is 2.31. The minimum absolute atomic E-state index is 0.119. The average molecular weight is 295 g/mol. The normalized spacial score (nSPS) is 19.1. The van der Waals surface area contributed by atoms with Crippen LogP contribution >= 0.6 is 11.3 Å². The van der Waals surface area contributed by atoms with Crippen LogP contribution in [0.2, 0.25) is 0 Å². The standard InChI is InChI=1S/C17H30N2S/c1-16(2,3)14-18-19-15(20-14)17(4,5)12-13-10-8-6-7-9-11-13/h13H,6-12H2,1-5H3. The highest BCUT2D eigenvalue weighted by Crippen LogP contribution is 2.38. The van der Waals surface area contributed by atoms with Crippen LogP contribution < -0.4 is 0 Å². The van der Waals surface area contributed by atoms with Crippen LogP contribution in [0.4, 0.5) is 0 Å². The van der Waals surface area contributed by atoms with Gasteiger partial charge in [0.2, 0.25) is 0 Å². The van der Waals surface area contributed by atoms with E-state index in [4.69, 9.17) is 0 Å². The molecule has 0 N–H and O–H groups in total. The van der Waals surface area contributed by atoms with E-state index < -0.39 is 0 Å². The van der Waals surface area contributed by atoms with E-state index in [-0.39, 0.29) is 10.8 Å². The van der Waals surface area contributed by atoms with E-state index in [1.54, 1.807) is 0 Å². The van der Waals surface area contributed by atoms with E-state index in [2.05, 4.69) is 44.8 Å². The number of aromatic nitrogens is 2. The first-order chi connectivity index (χ1) is 9.29. The molecule has 0 bridgehead atoms. The zero-order chi connectivity index (χ0) is 14.8. The molecule has 2 nitrogen and oxygen atoms in total. The van der Waals surface area contributed by atoms with Gasteiger partial charge >= 0.3 is 0 Å². The van der Waals surface area contributed by atoms with E-state index in [1.165, 1.54) is 55.0 Å². The molecule has 1 saturated carbocycles. The molecule has 0 aliphatic heterocycles. The van der Waals surface area contributed by atoms with Crippen molar-refractivity contribution in [2.24, 2.45) is 5.92 Å². The molecule has 1 fully saturated rings. The van der Waals surface area contributed by atoms with Crippen molar-refractivity contribution in [3.05, 3.63) is 10.0 Å². The molecular formula is C17H30N2S. The van der Waals surface area contributed by atoms with E-state index >= 15 is 0 Å². The predicted octanol–water partition coefficient (Wildman–Crippen LogP) is 5.47. The van der Waals surface area contributed by atoms with E-state index in [0.717, 1.165) is 5.92 Å². The first kappa shape index (κ1) is 15.9. The van der Waals surface area contributed by atoms with E-state index in [9.17, 15) is 0 Å². The third-order valence-corrected chi connectivity index (χ3v) is 6.13. The summed E-state index contributed by atoms with van der Waals surface area (Å²) in [6.07, 6.45) is 9.80. The highest BCUT2D eigenvalue weighted by atomic mass is 32.1. The summed E-state index contributed by atoms with van der Waals surface area (Å²) < 4.78 is 0. The summed E-state index contributed by atoms with van der Waals surface area (Å²) >= 11 is 1.82. The second-order valence-electron chi connectivity index (χ2n) is 8.11. The zero-order valence-electron chi connectivity index (χ0n) is 13.8. The lowest BCUT2D eigenvalue weighted by molar-refractivity contribution is 0.327. The van der Waals surface area contributed by atoms with E-state index in [1.807, 2.05) is 11.3 Å². The van der Waals surface area contributed by atoms with Gasteiger partial charge in [-0.2, -0.15) is 0 Å². The van der Waals surface area contributed by atoms with Crippen molar-refractivity contribution in [2.75, 3.05) is 0 Å². The van der Waals surface area contributed by atoms with E-state index in [0.29, 0.717) is 0 Å². The minimum atomic E-state index is 0.119. The van der Waals surface area contributed by atoms with Crippen molar-refractivity contribution in [3.63, 3.8) is 0 Å². The third kappa shape index (κ3) is 4.03. The van der Waals surface area contributed by atoms with Crippen molar-refractivity contribution >= 4 is 11.3 Å². The SMILES string of the molecule is CC(C)(C)c1nnc(C(C)(C)CC2CCCCCC2)s1. The van der Waals surface area contributed by atoms with Gasteiger partial charge in [-0.3, -0.25) is 0 Å². The number of rotatable bonds is 3. The minimum Gasteiger partial charge on any atom is -0.143 e. The lowest BCUT2D eigenvalue weighted by atomic mass is 9.80. The lowest BCUT2D eigenvalue weighted by Crippen LogP contribution is -2.21. The zero-order valence-corrected chi connectivity index (χ0v) is 14.6. The fourth-order valence-corrected chi connectivity index (χ4v) is 4.19. The maximum atomic E-state index is 4.51. The first-order valence-corrected chi connectivity index (χ1v) is 8.95. The average Bonchev–Trinajstić information content (AvgIpc) is 2.72. The van der Waals surface area contributed by atoms with Gasteiger partial charge in [0.05, 0.1) is 0 Å². The van der Waals surface area contributed by atoms with Crippen molar-refractivity contribution in [1.82, 2.24) is 10.2 Å². The molecule has 0 radical (unpaired) electrons. The Bertz CT molecular complexity index is 420. The Balaban J connectivity index is 2.07. The van der Waals surface area contributed by atoms with Crippen LogP contribution in [0.15, 0.2) is 0 Å². The van der Waals surface area contributed by atoms with Crippen LogP contribution in [0.1, 0.15) is 89.6 Å². The van der Waals surface area contributed by atoms with Crippen LogP contribution in [-0.2, 0) is 10.8 Å². The van der Waals surface area contributed by atoms with Gasteiger partial charge < -0.3 is 0 Å². The molecular weight excluding hydrogens is 264 g/mol. The fourth-order valence-electron chi connectivity index (χ4n) is 3.18. The number of nitrogens with zero attached hydrogens (tertiary/aromatic N) is 2. The molecule has 0 spiro atoms. The largest absolute Gasteiger partial charge is 0.143 e. The summed E-state index contributed by atoms with van der Waals surface area (Å²) in [4.78, 5) is 0. The molecule has 0 saturated heterocycles. The fraction of sp³-hybridized carbons (Fsp3) is 0.882. The molecule has 1 aliphatic carbocycles. The molecule has 2 rings (SSSR count). The molecule has 0 amide bonds. The van der Waals surface area contributed by atoms with Gasteiger partial charge in [-0.25, -0.2) is 0 Å². The second kappa shape index (κ2) is 6.13. The molecule has 114 valence electrons. The van der Waals surface area contributed by atoms with Gasteiger partial charge in [-0.15, -0.1) is 21.5 Å². The van der Waals surface area contributed by atoms with Gasteiger partial charge in [0.15, 0.2) is 0 Å². The number of hydrogen-bond donors (Lipinski definition) is 0. The monoisotopic (exact) mass is 294 g/mol. The Hall–Kier alpha value is -0.440. The van der Waals surface area contributed by atoms with Gasteiger partial charge in [0.1, 0.15) is 10.0 Å². The Kier molecular flexibility index (Phi) is 4.88. The Morgan fingerprint density at radius 3 is 1.95 bits per heavy atom. The number of hydrogen-bond acceptors (Lipinski definition) is 3. The van der Waals surface area contributed by atoms with Crippen molar-refractivity contribution in [1.29, 1.82) is 0 Å². The molecule has 1 aliphatic rings.